The maximum Gasteiger partial charge on any atom is 0.0882 e. The van der Waals surface area contributed by atoms with E-state index in [0.717, 1.165) is 32.0 Å². The van der Waals surface area contributed by atoms with Crippen LogP contribution in [0.2, 0.25) is 0 Å². The van der Waals surface area contributed by atoms with Gasteiger partial charge in [-0.2, -0.15) is 11.4 Å². The number of thiol groups is 1. The summed E-state index contributed by atoms with van der Waals surface area (Å²) in [6.45, 7) is 10.2. The molecule has 0 aromatic carbocycles. The van der Waals surface area contributed by atoms with E-state index in [1.54, 1.807) is 0 Å². The Kier molecular flexibility index (Phi) is 6.05. The molecule has 0 radical (unpaired) electrons. The number of morpholine rings is 1. The van der Waals surface area contributed by atoms with Crippen molar-refractivity contribution in [2.24, 2.45) is 0 Å². The molecule has 2 rings (SSSR count). The molecule has 112 valence electrons. The van der Waals surface area contributed by atoms with Crippen LogP contribution in [0.4, 0.5) is 5.69 Å². The van der Waals surface area contributed by atoms with E-state index in [0.29, 0.717) is 0 Å². The van der Waals surface area contributed by atoms with Gasteiger partial charge in [-0.05, 0) is 38.3 Å². The van der Waals surface area contributed by atoms with Crippen molar-refractivity contribution in [1.29, 1.82) is 0 Å². The molecule has 1 fully saturated rings. The number of aryl methyl sites for hydroxylation is 2. The maximum absolute atomic E-state index is 5.43. The highest BCUT2D eigenvalue weighted by molar-refractivity contribution is 7.97. The number of nitrogens with zero attached hydrogens (tertiary/aromatic N) is 2. The van der Waals surface area contributed by atoms with E-state index < -0.39 is 0 Å². The second-order valence-corrected chi connectivity index (χ2v) is 6.37. The van der Waals surface area contributed by atoms with Crippen molar-refractivity contribution in [1.82, 2.24) is 4.98 Å². The van der Waals surface area contributed by atoms with E-state index in [-0.39, 0.29) is 0 Å². The predicted molar refractivity (Wildman–Crippen MR) is 89.6 cm³/mol. The highest BCUT2D eigenvalue weighted by Gasteiger charge is 2.16. The highest BCUT2D eigenvalue weighted by atomic mass is 32.1. The van der Waals surface area contributed by atoms with Crippen molar-refractivity contribution in [3.8, 4) is 0 Å². The standard InChI is InChI=1S/C16H26N2OS/c1-4-5-6-11-20-15-12-13(2)16(14(3)17-15)18-7-9-19-10-8-18/h11-12,20H,4-10H2,1-3H3. The van der Waals surface area contributed by atoms with Gasteiger partial charge in [0.15, 0.2) is 0 Å². The van der Waals surface area contributed by atoms with E-state index in [4.69, 9.17) is 9.72 Å². The molecule has 2 heterocycles. The largest absolute Gasteiger partial charge is 0.378 e. The first-order chi connectivity index (χ1) is 9.72. The molecule has 0 saturated carbocycles. The van der Waals surface area contributed by atoms with Crippen LogP contribution < -0.4 is 4.90 Å². The Morgan fingerprint density at radius 2 is 2.10 bits per heavy atom. The lowest BCUT2D eigenvalue weighted by molar-refractivity contribution is 0.122. The van der Waals surface area contributed by atoms with E-state index in [2.05, 4.69) is 37.1 Å². The van der Waals surface area contributed by atoms with Gasteiger partial charge in [-0.25, -0.2) is 4.98 Å². The molecule has 1 aromatic heterocycles. The number of unbranched alkanes of at least 4 members (excludes halogenated alkanes) is 2. The van der Waals surface area contributed by atoms with E-state index >= 15 is 0 Å². The van der Waals surface area contributed by atoms with Gasteiger partial charge in [0.2, 0.25) is 0 Å². The van der Waals surface area contributed by atoms with Gasteiger partial charge in [-0.15, -0.1) is 0 Å². The number of rotatable bonds is 5. The van der Waals surface area contributed by atoms with E-state index in [1.807, 2.05) is 0 Å². The second kappa shape index (κ2) is 7.79. The summed E-state index contributed by atoms with van der Waals surface area (Å²) in [5.74, 6) is 0. The third-order valence-corrected chi connectivity index (χ3v) is 4.52. The Morgan fingerprint density at radius 3 is 2.75 bits per heavy atom. The zero-order valence-electron chi connectivity index (χ0n) is 12.9. The number of anilines is 1. The first-order valence-corrected chi connectivity index (χ1v) is 8.52. The number of hydrogen-bond donors (Lipinski definition) is 1. The van der Waals surface area contributed by atoms with Crippen molar-refractivity contribution >= 4 is 22.4 Å². The van der Waals surface area contributed by atoms with Crippen LogP contribution in [0.5, 0.6) is 0 Å². The summed E-state index contributed by atoms with van der Waals surface area (Å²) in [4.78, 5) is 7.19. The first kappa shape index (κ1) is 15.5. The first-order valence-electron chi connectivity index (χ1n) is 7.56. The summed E-state index contributed by atoms with van der Waals surface area (Å²) >= 11 is 1.25. The second-order valence-electron chi connectivity index (χ2n) is 5.28. The van der Waals surface area contributed by atoms with E-state index in [1.165, 1.54) is 46.9 Å². The summed E-state index contributed by atoms with van der Waals surface area (Å²) in [6, 6.07) is 2.24. The molecule has 4 heteroatoms. The van der Waals surface area contributed by atoms with Crippen molar-refractivity contribution in [2.45, 2.75) is 45.1 Å². The molecule has 20 heavy (non-hydrogen) atoms. The highest BCUT2D eigenvalue weighted by Crippen LogP contribution is 2.26. The number of pyridine rings is 1. The number of aromatic nitrogens is 1. The Bertz CT molecular complexity index is 445. The molecule has 0 N–H and O–H groups in total. The molecule has 0 unspecified atom stereocenters. The van der Waals surface area contributed by atoms with Crippen LogP contribution in [0, 0.1) is 13.8 Å². The van der Waals surface area contributed by atoms with Crippen LogP contribution in [0.1, 0.15) is 37.4 Å². The third-order valence-electron chi connectivity index (χ3n) is 3.58. The summed E-state index contributed by atoms with van der Waals surface area (Å²) < 4.78 is 5.43. The monoisotopic (exact) mass is 294 g/mol. The average Bonchev–Trinajstić information content (AvgIpc) is 2.44. The van der Waals surface area contributed by atoms with Crippen molar-refractivity contribution in [3.63, 3.8) is 0 Å². The molecular weight excluding hydrogens is 268 g/mol. The van der Waals surface area contributed by atoms with Crippen molar-refractivity contribution < 1.29 is 4.74 Å². The molecule has 1 aliphatic heterocycles. The van der Waals surface area contributed by atoms with Crippen LogP contribution in [0.3, 0.4) is 0 Å². The Hall–Kier alpha value is -0.870. The van der Waals surface area contributed by atoms with Crippen LogP contribution in [-0.4, -0.2) is 36.7 Å². The minimum atomic E-state index is 0.823. The lowest BCUT2D eigenvalue weighted by Crippen LogP contribution is -2.37. The fraction of sp³-hybridized carbons (Fsp3) is 0.625. The Labute approximate surface area is 126 Å². The fourth-order valence-corrected chi connectivity index (χ4v) is 3.56. The quantitative estimate of drug-likeness (QED) is 0.512. The molecule has 0 spiro atoms. The molecule has 1 aromatic rings. The molecule has 0 atom stereocenters. The predicted octanol–water partition coefficient (Wildman–Crippen LogP) is 3.35. The minimum Gasteiger partial charge on any atom is -0.378 e. The molecule has 0 amide bonds. The topological polar surface area (TPSA) is 25.4 Å². The van der Waals surface area contributed by atoms with E-state index in [9.17, 15) is 0 Å². The summed E-state index contributed by atoms with van der Waals surface area (Å²) in [5, 5.41) is 3.51. The normalized spacial score (nSPS) is 16.4. The van der Waals surface area contributed by atoms with Gasteiger partial charge in [0.05, 0.1) is 29.6 Å². The summed E-state index contributed by atoms with van der Waals surface area (Å²) in [7, 11) is 0. The fourth-order valence-electron chi connectivity index (χ4n) is 2.59. The van der Waals surface area contributed by atoms with Gasteiger partial charge < -0.3 is 9.64 Å². The van der Waals surface area contributed by atoms with Gasteiger partial charge in [0.1, 0.15) is 0 Å². The lowest BCUT2D eigenvalue weighted by atomic mass is 10.1. The average molecular weight is 294 g/mol. The Balaban J connectivity index is 2.13. The molecule has 0 aliphatic carbocycles. The lowest BCUT2D eigenvalue weighted by Gasteiger charge is -2.31. The van der Waals surface area contributed by atoms with Crippen LogP contribution in [-0.2, 0) is 4.74 Å². The van der Waals surface area contributed by atoms with Crippen LogP contribution in [0.25, 0.3) is 0 Å². The minimum absolute atomic E-state index is 0.823. The summed E-state index contributed by atoms with van der Waals surface area (Å²) in [6.07, 6.45) is 3.72. The zero-order valence-corrected chi connectivity index (χ0v) is 13.7. The van der Waals surface area contributed by atoms with Gasteiger partial charge >= 0.3 is 0 Å². The molecule has 0 bridgehead atoms. The third kappa shape index (κ3) is 4.06. The molecule has 3 nitrogen and oxygen atoms in total. The number of ether oxygens (including phenoxy) is 1. The van der Waals surface area contributed by atoms with Crippen molar-refractivity contribution in [2.75, 3.05) is 31.2 Å². The Morgan fingerprint density at radius 1 is 1.35 bits per heavy atom. The molecule has 1 aliphatic rings. The zero-order chi connectivity index (χ0) is 14.4. The van der Waals surface area contributed by atoms with Crippen molar-refractivity contribution in [3.05, 3.63) is 17.3 Å². The van der Waals surface area contributed by atoms with Crippen LogP contribution >= 0.6 is 11.4 Å². The van der Waals surface area contributed by atoms with Crippen LogP contribution in [0.15, 0.2) is 11.1 Å². The number of hydrogen-bond acceptors (Lipinski definition) is 3. The van der Waals surface area contributed by atoms with Gasteiger partial charge in [-0.1, -0.05) is 18.7 Å². The van der Waals surface area contributed by atoms with Gasteiger partial charge in [0, 0.05) is 13.1 Å². The maximum atomic E-state index is 5.43. The van der Waals surface area contributed by atoms with Gasteiger partial charge in [0.25, 0.3) is 0 Å². The molecular formula is C16H26N2OS. The smallest absolute Gasteiger partial charge is 0.0882 e. The molecule has 1 saturated heterocycles. The SMILES string of the molecule is CCCC/C=[SH]/c1cc(C)c(N2CCOCC2)c(C)n1. The summed E-state index contributed by atoms with van der Waals surface area (Å²) in [5.41, 5.74) is 3.80. The van der Waals surface area contributed by atoms with Gasteiger partial charge in [-0.3, -0.25) is 0 Å².